The van der Waals surface area contributed by atoms with Crippen molar-refractivity contribution in [1.29, 1.82) is 0 Å². The molecule has 0 amide bonds. The van der Waals surface area contributed by atoms with E-state index in [-0.39, 0.29) is 17.8 Å². The molecule has 0 radical (unpaired) electrons. The molecular weight excluding hydrogens is 306 g/mol. The summed E-state index contributed by atoms with van der Waals surface area (Å²) >= 11 is 0. The van der Waals surface area contributed by atoms with Gasteiger partial charge < -0.3 is 39.6 Å². The van der Waals surface area contributed by atoms with Crippen LogP contribution >= 0.6 is 0 Å². The average molecular weight is 331 g/mol. The summed E-state index contributed by atoms with van der Waals surface area (Å²) in [4.78, 5) is 0. The fourth-order valence-electron chi connectivity index (χ4n) is 3.67. The highest BCUT2D eigenvalue weighted by Gasteiger charge is 2.61. The summed E-state index contributed by atoms with van der Waals surface area (Å²) in [7, 11) is 3.09. The minimum atomic E-state index is -1.90. The number of hydrogen-bond donors (Lipinski definition) is 4. The quantitative estimate of drug-likeness (QED) is 0.494. The third-order valence-electron chi connectivity index (χ3n) is 5.00. The predicted octanol–water partition coefficient (Wildman–Crippen LogP) is -1.31. The third kappa shape index (κ3) is 2.49. The molecule has 4 N–H and O–H groups in total. The van der Waals surface area contributed by atoms with E-state index in [1.165, 1.54) is 7.11 Å². The lowest BCUT2D eigenvalue weighted by atomic mass is 9.77. The Morgan fingerprint density at radius 2 is 1.87 bits per heavy atom. The van der Waals surface area contributed by atoms with E-state index in [0.717, 1.165) is 0 Å². The van der Waals surface area contributed by atoms with Gasteiger partial charge in [0.2, 0.25) is 6.29 Å². The van der Waals surface area contributed by atoms with Crippen molar-refractivity contribution in [2.45, 2.75) is 62.5 Å². The topological polar surface area (TPSA) is 110 Å². The van der Waals surface area contributed by atoms with Gasteiger partial charge in [-0.25, -0.2) is 0 Å². The minimum absolute atomic E-state index is 0.201. The lowest BCUT2D eigenvalue weighted by Crippen LogP contribution is -2.72. The Kier molecular flexibility index (Phi) is 4.43. The lowest BCUT2D eigenvalue weighted by Gasteiger charge is -2.55. The van der Waals surface area contributed by atoms with Gasteiger partial charge in [-0.15, -0.1) is 0 Å². The first-order valence-corrected chi connectivity index (χ1v) is 7.84. The number of nitrogens with one attached hydrogen (secondary N) is 1. The van der Waals surface area contributed by atoms with E-state index in [1.54, 1.807) is 27.0 Å². The number of fused-ring (bicyclic) bond motifs is 2. The molecule has 2 aliphatic heterocycles. The zero-order valence-electron chi connectivity index (χ0n) is 13.7. The number of rotatable bonds is 2. The highest BCUT2D eigenvalue weighted by Crippen LogP contribution is 2.43. The first kappa shape index (κ1) is 17.1. The highest BCUT2D eigenvalue weighted by molar-refractivity contribution is 5.16. The van der Waals surface area contributed by atoms with Crippen LogP contribution in [0.4, 0.5) is 0 Å². The Balaban J connectivity index is 1.93. The fraction of sp³-hybridized carbons (Fsp3) is 0.867. The molecule has 1 saturated heterocycles. The monoisotopic (exact) mass is 331 g/mol. The van der Waals surface area contributed by atoms with Crippen LogP contribution in [0.1, 0.15) is 13.8 Å². The first-order valence-electron chi connectivity index (χ1n) is 7.84. The van der Waals surface area contributed by atoms with Gasteiger partial charge in [-0.1, -0.05) is 6.92 Å². The number of hydrogen-bond acceptors (Lipinski definition) is 8. The van der Waals surface area contributed by atoms with E-state index < -0.39 is 42.5 Å². The number of aliphatic hydroxyl groups excluding tert-OH is 2. The van der Waals surface area contributed by atoms with Crippen molar-refractivity contribution >= 4 is 0 Å². The maximum Gasteiger partial charge on any atom is 0.278 e. The second-order valence-electron chi connectivity index (χ2n) is 6.44. The van der Waals surface area contributed by atoms with Crippen LogP contribution in [0.15, 0.2) is 11.8 Å². The number of ether oxygens (including phenoxy) is 4. The van der Waals surface area contributed by atoms with Crippen LogP contribution in [0.5, 0.6) is 0 Å². The molecular formula is C15H25NO7. The van der Waals surface area contributed by atoms with Gasteiger partial charge >= 0.3 is 0 Å². The average Bonchev–Trinajstić information content (AvgIpc) is 2.52. The van der Waals surface area contributed by atoms with E-state index in [9.17, 15) is 15.3 Å². The largest absolute Gasteiger partial charge is 0.495 e. The number of aliphatic hydroxyl groups is 3. The molecule has 1 saturated carbocycles. The van der Waals surface area contributed by atoms with Gasteiger partial charge in [0.15, 0.2) is 5.76 Å². The Hall–Kier alpha value is -0.740. The Morgan fingerprint density at radius 1 is 1.17 bits per heavy atom. The van der Waals surface area contributed by atoms with Gasteiger partial charge in [-0.05, 0) is 20.0 Å². The van der Waals surface area contributed by atoms with Crippen molar-refractivity contribution in [1.82, 2.24) is 5.32 Å². The zero-order chi connectivity index (χ0) is 16.9. The van der Waals surface area contributed by atoms with E-state index in [0.29, 0.717) is 0 Å². The lowest BCUT2D eigenvalue weighted by molar-refractivity contribution is -0.429. The van der Waals surface area contributed by atoms with Gasteiger partial charge in [0.1, 0.15) is 12.2 Å². The van der Waals surface area contributed by atoms with Crippen LogP contribution in [-0.2, 0) is 18.9 Å². The third-order valence-corrected chi connectivity index (χ3v) is 5.00. The molecule has 0 aromatic heterocycles. The van der Waals surface area contributed by atoms with Crippen LogP contribution < -0.4 is 5.32 Å². The van der Waals surface area contributed by atoms with Crippen molar-refractivity contribution < 1.29 is 34.3 Å². The van der Waals surface area contributed by atoms with Gasteiger partial charge in [-0.3, -0.25) is 0 Å². The second-order valence-corrected chi connectivity index (χ2v) is 6.44. The Labute approximate surface area is 135 Å². The Bertz CT molecular complexity index is 486. The summed E-state index contributed by atoms with van der Waals surface area (Å²) in [5.41, 5.74) is 0. The van der Waals surface area contributed by atoms with E-state index in [2.05, 4.69) is 5.32 Å². The molecule has 3 aliphatic rings. The smallest absolute Gasteiger partial charge is 0.278 e. The van der Waals surface area contributed by atoms with Crippen molar-refractivity contribution in [2.75, 3.05) is 14.2 Å². The molecule has 0 bridgehead atoms. The molecule has 0 aromatic rings. The molecule has 0 aromatic carbocycles. The summed E-state index contributed by atoms with van der Waals surface area (Å²) in [6.45, 7) is 3.57. The summed E-state index contributed by atoms with van der Waals surface area (Å²) in [6, 6.07) is -0.556. The molecule has 2 fully saturated rings. The predicted molar refractivity (Wildman–Crippen MR) is 78.1 cm³/mol. The van der Waals surface area contributed by atoms with Crippen molar-refractivity contribution in [3.05, 3.63) is 11.8 Å². The number of likely N-dealkylation sites (N-methyl/N-ethyl adjacent to an activating group) is 1. The summed E-state index contributed by atoms with van der Waals surface area (Å²) in [6.07, 6.45) is -3.14. The van der Waals surface area contributed by atoms with Gasteiger partial charge in [0.05, 0.1) is 31.5 Å². The SMILES string of the molecule is CN[C@@H]1[C@H](O)[C@H](C)C2O[C@@]3(O)C(OC)=C[C@@H](C)OC3OC2[C@H]1O. The molecule has 0 spiro atoms. The highest BCUT2D eigenvalue weighted by atomic mass is 16.8. The summed E-state index contributed by atoms with van der Waals surface area (Å²) in [5.74, 6) is -2.07. The zero-order valence-corrected chi connectivity index (χ0v) is 13.7. The standard InChI is InChI=1S/C15H25NO7/c1-6-5-8(20-4)15(19)14(21-6)22-13-11(18)9(16-3)10(17)7(2)12(13)23-15/h5-7,9-14,16-19H,1-4H3/t6-,7+,9-,10-,11+,12?,13?,14?,15+/m1/s1. The van der Waals surface area contributed by atoms with E-state index >= 15 is 0 Å². The maximum absolute atomic E-state index is 10.9. The van der Waals surface area contributed by atoms with E-state index in [1.807, 2.05) is 0 Å². The maximum atomic E-state index is 10.9. The van der Waals surface area contributed by atoms with Crippen LogP contribution in [0.25, 0.3) is 0 Å². The summed E-state index contributed by atoms with van der Waals surface area (Å²) in [5, 5.41) is 34.7. The van der Waals surface area contributed by atoms with Gasteiger partial charge in [0.25, 0.3) is 5.79 Å². The molecule has 132 valence electrons. The van der Waals surface area contributed by atoms with Crippen LogP contribution in [0.3, 0.4) is 0 Å². The van der Waals surface area contributed by atoms with Crippen molar-refractivity contribution in [2.24, 2.45) is 5.92 Å². The van der Waals surface area contributed by atoms with Gasteiger partial charge in [0, 0.05) is 5.92 Å². The van der Waals surface area contributed by atoms with E-state index in [4.69, 9.17) is 18.9 Å². The molecule has 8 heteroatoms. The Morgan fingerprint density at radius 3 is 2.48 bits per heavy atom. The van der Waals surface area contributed by atoms with Crippen LogP contribution in [-0.4, -0.2) is 78.1 Å². The van der Waals surface area contributed by atoms with Crippen molar-refractivity contribution in [3.63, 3.8) is 0 Å². The molecule has 23 heavy (non-hydrogen) atoms. The number of methoxy groups -OCH3 is 1. The normalized spacial score (nSPS) is 53.1. The molecule has 2 heterocycles. The molecule has 9 atom stereocenters. The summed E-state index contributed by atoms with van der Waals surface area (Å²) < 4.78 is 22.5. The molecule has 3 unspecified atom stereocenters. The first-order chi connectivity index (χ1) is 10.8. The molecule has 1 aliphatic carbocycles. The fourth-order valence-corrected chi connectivity index (χ4v) is 3.67. The van der Waals surface area contributed by atoms with Crippen LogP contribution in [0.2, 0.25) is 0 Å². The van der Waals surface area contributed by atoms with Gasteiger partial charge in [-0.2, -0.15) is 0 Å². The molecule has 3 rings (SSSR count). The molecule has 8 nitrogen and oxygen atoms in total. The minimum Gasteiger partial charge on any atom is -0.495 e. The van der Waals surface area contributed by atoms with Crippen molar-refractivity contribution in [3.8, 4) is 0 Å². The second kappa shape index (κ2) is 5.96. The van der Waals surface area contributed by atoms with Crippen LogP contribution in [0, 0.1) is 5.92 Å².